The Morgan fingerprint density at radius 2 is 2.07 bits per heavy atom. The summed E-state index contributed by atoms with van der Waals surface area (Å²) in [5, 5.41) is 13.7. The highest BCUT2D eigenvalue weighted by Gasteiger charge is 2.28. The Bertz CT molecular complexity index is 351. The molecule has 0 saturated heterocycles. The monoisotopic (exact) mass is 208 g/mol. The zero-order chi connectivity index (χ0) is 10.9. The van der Waals surface area contributed by atoms with Gasteiger partial charge in [0.25, 0.3) is 6.43 Å². The minimum Gasteiger partial charge on any atom is -0.477 e. The Morgan fingerprint density at radius 1 is 1.50 bits per heavy atom. The molecule has 0 aliphatic heterocycles. The summed E-state index contributed by atoms with van der Waals surface area (Å²) < 4.78 is 36.6. The van der Waals surface area contributed by atoms with Gasteiger partial charge < -0.3 is 5.11 Å². The molecule has 1 atom stereocenters. The number of nitrogens with zero attached hydrogens (tertiary/aromatic N) is 1. The van der Waals surface area contributed by atoms with Gasteiger partial charge in [-0.05, 0) is 6.92 Å². The van der Waals surface area contributed by atoms with E-state index < -0.39 is 24.3 Å². The fourth-order valence-corrected chi connectivity index (χ4v) is 1.01. The van der Waals surface area contributed by atoms with Gasteiger partial charge in [-0.2, -0.15) is 5.10 Å². The quantitative estimate of drug-likeness (QED) is 0.794. The number of carboxylic acids is 1. The van der Waals surface area contributed by atoms with Crippen molar-refractivity contribution in [3.8, 4) is 0 Å². The molecule has 1 aromatic rings. The van der Waals surface area contributed by atoms with E-state index in [1.54, 1.807) is 0 Å². The lowest BCUT2D eigenvalue weighted by Crippen LogP contribution is -2.05. The second-order valence-corrected chi connectivity index (χ2v) is 2.65. The van der Waals surface area contributed by atoms with Gasteiger partial charge in [0, 0.05) is 5.56 Å². The van der Waals surface area contributed by atoms with E-state index in [0.717, 1.165) is 0 Å². The lowest BCUT2D eigenvalue weighted by Gasteiger charge is -2.03. The molecule has 4 nitrogen and oxygen atoms in total. The van der Waals surface area contributed by atoms with Crippen LogP contribution < -0.4 is 0 Å². The van der Waals surface area contributed by atoms with Crippen LogP contribution in [0.1, 0.15) is 27.9 Å². The van der Waals surface area contributed by atoms with E-state index in [0.29, 0.717) is 0 Å². The van der Waals surface area contributed by atoms with Crippen molar-refractivity contribution < 1.29 is 23.1 Å². The molecular formula is C7H7F3N2O2. The van der Waals surface area contributed by atoms with Crippen LogP contribution in [-0.2, 0) is 0 Å². The molecule has 0 saturated carbocycles. The molecule has 2 N–H and O–H groups in total. The number of aromatic amines is 1. The smallest absolute Gasteiger partial charge is 0.354 e. The van der Waals surface area contributed by atoms with Crippen molar-refractivity contribution >= 4 is 5.97 Å². The van der Waals surface area contributed by atoms with Gasteiger partial charge in [-0.3, -0.25) is 5.10 Å². The summed E-state index contributed by atoms with van der Waals surface area (Å²) in [5.41, 5.74) is -1.04. The first-order chi connectivity index (χ1) is 6.45. The molecule has 1 unspecified atom stereocenters. The van der Waals surface area contributed by atoms with Crippen LogP contribution in [-0.4, -0.2) is 27.7 Å². The van der Waals surface area contributed by atoms with Crippen molar-refractivity contribution in [2.24, 2.45) is 0 Å². The first kappa shape index (κ1) is 10.6. The highest BCUT2D eigenvalue weighted by atomic mass is 19.3. The fourth-order valence-electron chi connectivity index (χ4n) is 1.01. The van der Waals surface area contributed by atoms with Crippen molar-refractivity contribution in [3.05, 3.63) is 17.0 Å². The maximum absolute atomic E-state index is 12.8. The number of alkyl halides is 3. The highest BCUT2D eigenvalue weighted by Crippen LogP contribution is 2.26. The number of aromatic carboxylic acids is 1. The number of carbonyl (C=O) groups is 1. The molecule has 0 aliphatic rings. The molecule has 0 amide bonds. The summed E-state index contributed by atoms with van der Waals surface area (Å²) in [6.45, 7) is 1.22. The van der Waals surface area contributed by atoms with E-state index in [1.165, 1.54) is 6.92 Å². The summed E-state index contributed by atoms with van der Waals surface area (Å²) >= 11 is 0. The molecule has 0 fully saturated rings. The Balaban J connectivity index is 3.06. The molecule has 1 aromatic heterocycles. The molecule has 1 heterocycles. The lowest BCUT2D eigenvalue weighted by atomic mass is 10.1. The highest BCUT2D eigenvalue weighted by molar-refractivity contribution is 5.87. The van der Waals surface area contributed by atoms with Crippen LogP contribution in [0.3, 0.4) is 0 Å². The Kier molecular flexibility index (Phi) is 2.78. The van der Waals surface area contributed by atoms with Crippen LogP contribution in [0.4, 0.5) is 13.2 Å². The fraction of sp³-hybridized carbons (Fsp3) is 0.429. The van der Waals surface area contributed by atoms with Gasteiger partial charge in [0.15, 0.2) is 0 Å². The summed E-state index contributed by atoms with van der Waals surface area (Å²) in [5.74, 6) is -1.36. The van der Waals surface area contributed by atoms with Gasteiger partial charge in [0.05, 0.1) is 0 Å². The van der Waals surface area contributed by atoms with Crippen molar-refractivity contribution in [3.63, 3.8) is 0 Å². The number of hydrogen-bond donors (Lipinski definition) is 2. The molecular weight excluding hydrogens is 201 g/mol. The van der Waals surface area contributed by atoms with Crippen LogP contribution in [0.2, 0.25) is 0 Å². The zero-order valence-corrected chi connectivity index (χ0v) is 7.09. The van der Waals surface area contributed by atoms with Crippen LogP contribution in [0, 0.1) is 6.92 Å². The predicted octanol–water partition coefficient (Wildman–Crippen LogP) is 1.69. The molecule has 0 bridgehead atoms. The topological polar surface area (TPSA) is 66.0 Å². The van der Waals surface area contributed by atoms with E-state index >= 15 is 0 Å². The number of hydrogen-bond acceptors (Lipinski definition) is 2. The minimum atomic E-state index is -3.21. The zero-order valence-electron chi connectivity index (χ0n) is 7.09. The largest absolute Gasteiger partial charge is 0.477 e. The van der Waals surface area contributed by atoms with Gasteiger partial charge in [-0.15, -0.1) is 0 Å². The Labute approximate surface area is 76.7 Å². The number of carboxylic acid groups (broad SMARTS) is 1. The van der Waals surface area contributed by atoms with Gasteiger partial charge in [-0.1, -0.05) is 0 Å². The third kappa shape index (κ3) is 1.70. The normalized spacial score (nSPS) is 13.2. The summed E-state index contributed by atoms with van der Waals surface area (Å²) in [7, 11) is 0. The summed E-state index contributed by atoms with van der Waals surface area (Å²) in [6, 6.07) is 0. The average Bonchev–Trinajstić information content (AvgIpc) is 2.45. The average molecular weight is 208 g/mol. The third-order valence-electron chi connectivity index (χ3n) is 1.74. The van der Waals surface area contributed by atoms with Crippen LogP contribution in [0.15, 0.2) is 0 Å². The molecule has 0 radical (unpaired) electrons. The van der Waals surface area contributed by atoms with Gasteiger partial charge in [0.1, 0.15) is 11.4 Å². The molecule has 0 aromatic carbocycles. The van der Waals surface area contributed by atoms with E-state index in [1.807, 2.05) is 5.10 Å². The molecule has 0 spiro atoms. The summed E-state index contributed by atoms with van der Waals surface area (Å²) in [4.78, 5) is 10.4. The number of H-pyrrole nitrogens is 1. The molecule has 0 aliphatic carbocycles. The minimum absolute atomic E-state index is 0.106. The second kappa shape index (κ2) is 3.69. The van der Waals surface area contributed by atoms with Crippen LogP contribution >= 0.6 is 0 Å². The lowest BCUT2D eigenvalue weighted by molar-refractivity contribution is 0.0468. The predicted molar refractivity (Wildman–Crippen MR) is 40.1 cm³/mol. The molecule has 1 rings (SSSR count). The van der Waals surface area contributed by atoms with E-state index in [4.69, 9.17) is 5.11 Å². The van der Waals surface area contributed by atoms with Gasteiger partial charge >= 0.3 is 5.97 Å². The Hall–Kier alpha value is -1.53. The van der Waals surface area contributed by atoms with Crippen molar-refractivity contribution in [1.82, 2.24) is 10.2 Å². The maximum atomic E-state index is 12.8. The van der Waals surface area contributed by atoms with Crippen LogP contribution in [0.25, 0.3) is 0 Å². The maximum Gasteiger partial charge on any atom is 0.354 e. The standard InChI is InChI=1S/C7H7F3N2O2/c1-2-4(3(8)6(9)10)11-12-5(2)7(13)14/h3,6H,1H3,(H,11,12)(H,13,14). The summed E-state index contributed by atoms with van der Waals surface area (Å²) in [6.07, 6.45) is -5.77. The Morgan fingerprint density at radius 3 is 2.43 bits per heavy atom. The van der Waals surface area contributed by atoms with E-state index in [2.05, 4.69) is 5.10 Å². The van der Waals surface area contributed by atoms with Crippen molar-refractivity contribution in [2.75, 3.05) is 0 Å². The third-order valence-corrected chi connectivity index (χ3v) is 1.74. The van der Waals surface area contributed by atoms with Gasteiger partial charge in [-0.25, -0.2) is 18.0 Å². The first-order valence-corrected chi connectivity index (χ1v) is 3.65. The number of nitrogens with one attached hydrogen (secondary N) is 1. The van der Waals surface area contributed by atoms with Crippen molar-refractivity contribution in [2.45, 2.75) is 19.5 Å². The number of halogens is 3. The van der Waals surface area contributed by atoms with Crippen molar-refractivity contribution in [1.29, 1.82) is 0 Å². The molecule has 78 valence electrons. The van der Waals surface area contributed by atoms with E-state index in [9.17, 15) is 18.0 Å². The first-order valence-electron chi connectivity index (χ1n) is 3.65. The molecule has 7 heteroatoms. The molecule has 14 heavy (non-hydrogen) atoms. The SMILES string of the molecule is Cc1c(C(F)C(F)F)n[nH]c1C(=O)O. The number of rotatable bonds is 3. The second-order valence-electron chi connectivity index (χ2n) is 2.65. The number of aromatic nitrogens is 2. The van der Waals surface area contributed by atoms with Gasteiger partial charge in [0.2, 0.25) is 6.17 Å². The van der Waals surface area contributed by atoms with Crippen LogP contribution in [0.5, 0.6) is 0 Å². The van der Waals surface area contributed by atoms with E-state index in [-0.39, 0.29) is 11.3 Å².